The molecule has 6 rings (SSSR count). The molecule has 0 unspecified atom stereocenters. The molecule has 0 aliphatic carbocycles. The summed E-state index contributed by atoms with van der Waals surface area (Å²) in [5, 5.41) is 10.9. The molecular weight excluding hydrogens is 609 g/mol. The molecule has 47 heavy (non-hydrogen) atoms. The van der Waals surface area contributed by atoms with Crippen LogP contribution in [0.5, 0.6) is 11.5 Å². The number of hydrogen-bond donors (Lipinski definition) is 0. The van der Waals surface area contributed by atoms with Crippen LogP contribution in [0.4, 0.5) is 0 Å². The van der Waals surface area contributed by atoms with Gasteiger partial charge < -0.3 is 14.4 Å². The van der Waals surface area contributed by atoms with Gasteiger partial charge in [0.15, 0.2) is 4.80 Å². The number of fused-ring (bicyclic) bond motifs is 2. The minimum Gasteiger partial charge on any atom is -0.496 e. The van der Waals surface area contributed by atoms with Crippen LogP contribution < -0.4 is 24.4 Å². The molecule has 0 N–H and O–H groups in total. The second-order valence-corrected chi connectivity index (χ2v) is 12.1. The van der Waals surface area contributed by atoms with Crippen LogP contribution in [-0.4, -0.2) is 35.6 Å². The van der Waals surface area contributed by atoms with E-state index in [-0.39, 0.29) is 11.5 Å². The number of carbonyl (C=O) groups is 1. The van der Waals surface area contributed by atoms with Crippen LogP contribution in [0.15, 0.2) is 106 Å². The number of rotatable bonds is 9. The normalized spacial score (nSPS) is 14.4. The van der Waals surface area contributed by atoms with Crippen LogP contribution in [0.2, 0.25) is 0 Å². The number of aromatic nitrogens is 1. The van der Waals surface area contributed by atoms with E-state index < -0.39 is 6.04 Å². The SMILES string of the molecule is CCN(CC)C(=O)C1=C(C)N=c2s/c(=C/c3ccc(OCc4ccc(C#N)cc4)cc3)c(=O)n2[C@@H]1c1c(OC)ccc2ccccc12. The number of methoxy groups -OCH3 is 1. The van der Waals surface area contributed by atoms with E-state index in [2.05, 4.69) is 6.07 Å². The Hall–Kier alpha value is -5.46. The summed E-state index contributed by atoms with van der Waals surface area (Å²) in [6.07, 6.45) is 1.84. The maximum Gasteiger partial charge on any atom is 0.271 e. The molecular formula is C38H34N4O4S. The summed E-state index contributed by atoms with van der Waals surface area (Å²) in [4.78, 5) is 35.6. The van der Waals surface area contributed by atoms with E-state index in [9.17, 15) is 9.59 Å². The Balaban J connectivity index is 1.43. The number of hydrogen-bond acceptors (Lipinski definition) is 7. The Kier molecular flexibility index (Phi) is 9.05. The van der Waals surface area contributed by atoms with E-state index in [1.54, 1.807) is 28.7 Å². The Bertz CT molecular complexity index is 2220. The van der Waals surface area contributed by atoms with Gasteiger partial charge in [-0.25, -0.2) is 4.99 Å². The molecule has 0 spiro atoms. The number of nitrogens with zero attached hydrogens (tertiary/aromatic N) is 4. The number of benzene rings is 4. The average Bonchev–Trinajstić information content (AvgIpc) is 3.40. The third kappa shape index (κ3) is 6.08. The summed E-state index contributed by atoms with van der Waals surface area (Å²) in [5.74, 6) is 1.13. The largest absolute Gasteiger partial charge is 0.496 e. The summed E-state index contributed by atoms with van der Waals surface area (Å²) in [7, 11) is 1.61. The van der Waals surface area contributed by atoms with Crippen molar-refractivity contribution in [2.75, 3.05) is 20.2 Å². The summed E-state index contributed by atoms with van der Waals surface area (Å²) in [6, 6.07) is 28.0. The van der Waals surface area contributed by atoms with Gasteiger partial charge in [-0.15, -0.1) is 0 Å². The topological polar surface area (TPSA) is 96.9 Å². The highest BCUT2D eigenvalue weighted by molar-refractivity contribution is 7.07. The van der Waals surface area contributed by atoms with E-state index in [1.165, 1.54) is 11.3 Å². The Morgan fingerprint density at radius 1 is 1.02 bits per heavy atom. The molecule has 1 aromatic heterocycles. The monoisotopic (exact) mass is 642 g/mol. The molecule has 1 aliphatic rings. The maximum absolute atomic E-state index is 14.3. The molecule has 5 aromatic rings. The average molecular weight is 643 g/mol. The van der Waals surface area contributed by atoms with Gasteiger partial charge in [-0.05, 0) is 79.1 Å². The fourth-order valence-electron chi connectivity index (χ4n) is 5.94. The number of ether oxygens (including phenoxy) is 2. The van der Waals surface area contributed by atoms with Crippen molar-refractivity contribution in [3.05, 3.63) is 138 Å². The minimum absolute atomic E-state index is 0.151. The van der Waals surface area contributed by atoms with Gasteiger partial charge in [0.2, 0.25) is 0 Å². The summed E-state index contributed by atoms with van der Waals surface area (Å²) in [5.41, 5.74) is 3.97. The fraction of sp³-hybridized carbons (Fsp3) is 0.211. The van der Waals surface area contributed by atoms with E-state index in [1.807, 2.05) is 99.6 Å². The van der Waals surface area contributed by atoms with Gasteiger partial charge in [-0.1, -0.05) is 65.9 Å². The van der Waals surface area contributed by atoms with Crippen LogP contribution in [0.1, 0.15) is 49.1 Å². The first-order chi connectivity index (χ1) is 22.9. The number of allylic oxidation sites excluding steroid dienone is 1. The molecule has 0 radical (unpaired) electrons. The molecule has 0 fully saturated rings. The van der Waals surface area contributed by atoms with E-state index in [4.69, 9.17) is 19.7 Å². The molecule has 9 heteroatoms. The predicted octanol–water partition coefficient (Wildman–Crippen LogP) is 5.72. The molecule has 8 nitrogen and oxygen atoms in total. The Labute approximate surface area is 276 Å². The lowest BCUT2D eigenvalue weighted by atomic mass is 9.90. The molecule has 0 saturated carbocycles. The van der Waals surface area contributed by atoms with Gasteiger partial charge >= 0.3 is 0 Å². The van der Waals surface area contributed by atoms with Crippen molar-refractivity contribution in [2.45, 2.75) is 33.4 Å². The number of nitriles is 1. The van der Waals surface area contributed by atoms with Crippen LogP contribution in [0, 0.1) is 11.3 Å². The maximum atomic E-state index is 14.3. The Morgan fingerprint density at radius 3 is 2.43 bits per heavy atom. The highest BCUT2D eigenvalue weighted by Crippen LogP contribution is 2.40. The van der Waals surface area contributed by atoms with Crippen LogP contribution in [-0.2, 0) is 11.4 Å². The van der Waals surface area contributed by atoms with E-state index >= 15 is 0 Å². The Morgan fingerprint density at radius 2 is 1.74 bits per heavy atom. The summed E-state index contributed by atoms with van der Waals surface area (Å²) >= 11 is 1.30. The van der Waals surface area contributed by atoms with Crippen molar-refractivity contribution < 1.29 is 14.3 Å². The van der Waals surface area contributed by atoms with Gasteiger partial charge in [0.25, 0.3) is 11.5 Å². The molecule has 236 valence electrons. The highest BCUT2D eigenvalue weighted by Gasteiger charge is 2.36. The van der Waals surface area contributed by atoms with Crippen LogP contribution in [0.3, 0.4) is 0 Å². The van der Waals surface area contributed by atoms with Crippen molar-refractivity contribution in [1.82, 2.24) is 9.47 Å². The van der Waals surface area contributed by atoms with Crippen molar-refractivity contribution in [1.29, 1.82) is 5.26 Å². The first-order valence-electron chi connectivity index (χ1n) is 15.5. The van der Waals surface area contributed by atoms with Crippen molar-refractivity contribution in [3.63, 3.8) is 0 Å². The second kappa shape index (κ2) is 13.5. The second-order valence-electron chi connectivity index (χ2n) is 11.1. The highest BCUT2D eigenvalue weighted by atomic mass is 32.1. The number of amides is 1. The zero-order valence-corrected chi connectivity index (χ0v) is 27.5. The third-order valence-electron chi connectivity index (χ3n) is 8.39. The van der Waals surface area contributed by atoms with Gasteiger partial charge in [0, 0.05) is 18.7 Å². The van der Waals surface area contributed by atoms with Gasteiger partial charge in [-0.2, -0.15) is 5.26 Å². The van der Waals surface area contributed by atoms with E-state index in [0.717, 1.165) is 27.5 Å². The standard InChI is InChI=1S/C38H34N4O4S/c1-5-41(6-2)37(44)33-24(3)40-38-42(35(33)34-30-10-8-7-9-28(30)17-20-31(34)45-4)36(43)32(47-38)21-25-15-18-29(19-16-25)46-23-27-13-11-26(22-39)12-14-27/h7-21,35H,5-6,23H2,1-4H3/b32-21+/t35-/m0/s1. The molecule has 0 saturated heterocycles. The number of likely N-dealkylation sites (N-methyl/N-ethyl adjacent to an activating group) is 1. The van der Waals surface area contributed by atoms with Gasteiger partial charge in [0.05, 0.1) is 34.5 Å². The lowest BCUT2D eigenvalue weighted by molar-refractivity contribution is -0.127. The lowest BCUT2D eigenvalue weighted by Gasteiger charge is -2.30. The number of thiazole rings is 1. The quantitative estimate of drug-likeness (QED) is 0.205. The zero-order chi connectivity index (χ0) is 33.1. The fourth-order valence-corrected chi connectivity index (χ4v) is 6.99. The molecule has 1 aliphatic heterocycles. The number of carbonyl (C=O) groups excluding carboxylic acids is 1. The van der Waals surface area contributed by atoms with Crippen molar-refractivity contribution in [3.8, 4) is 17.6 Å². The summed E-state index contributed by atoms with van der Waals surface area (Å²) < 4.78 is 14.0. The molecule has 0 bridgehead atoms. The lowest BCUT2D eigenvalue weighted by Crippen LogP contribution is -2.43. The molecule has 1 atom stereocenters. The van der Waals surface area contributed by atoms with Gasteiger partial charge in [-0.3, -0.25) is 14.2 Å². The minimum atomic E-state index is -0.736. The molecule has 2 heterocycles. The molecule has 1 amide bonds. The zero-order valence-electron chi connectivity index (χ0n) is 26.7. The predicted molar refractivity (Wildman–Crippen MR) is 184 cm³/mol. The third-order valence-corrected chi connectivity index (χ3v) is 9.38. The molecule has 4 aromatic carbocycles. The summed E-state index contributed by atoms with van der Waals surface area (Å²) in [6.45, 7) is 7.17. The van der Waals surface area contributed by atoms with Crippen molar-refractivity contribution in [2.24, 2.45) is 4.99 Å². The first-order valence-corrected chi connectivity index (χ1v) is 16.3. The smallest absolute Gasteiger partial charge is 0.271 e. The van der Waals surface area contributed by atoms with Crippen LogP contribution in [0.25, 0.3) is 16.8 Å². The van der Waals surface area contributed by atoms with Crippen LogP contribution >= 0.6 is 11.3 Å². The van der Waals surface area contributed by atoms with E-state index in [0.29, 0.717) is 57.4 Å². The van der Waals surface area contributed by atoms with Gasteiger partial charge in [0.1, 0.15) is 24.1 Å². The van der Waals surface area contributed by atoms with Crippen molar-refractivity contribution >= 4 is 34.1 Å². The first kappa shape index (κ1) is 31.5.